The molecule has 1 rings (SSSR count). The number of carboxylic acid groups (broad SMARTS) is 1. The van der Waals surface area contributed by atoms with Crippen LogP contribution in [0.25, 0.3) is 0 Å². The molecule has 0 aliphatic rings. The highest BCUT2D eigenvalue weighted by Gasteiger charge is 2.34. The van der Waals surface area contributed by atoms with Crippen molar-refractivity contribution in [1.82, 2.24) is 10.6 Å². The number of carboxylic acids is 1. The number of hydrogen-bond donors (Lipinski definition) is 4. The molecule has 0 saturated heterocycles. The minimum atomic E-state index is -1.85. The quantitative estimate of drug-likeness (QED) is 0.316. The Morgan fingerprint density at radius 2 is 1.88 bits per heavy atom. The van der Waals surface area contributed by atoms with Gasteiger partial charge >= 0.3 is 5.97 Å². The summed E-state index contributed by atoms with van der Waals surface area (Å²) in [5.74, 6) is -1.22. The first kappa shape index (κ1) is 21.8. The monoisotopic (exact) mass is 425 g/mol. The Morgan fingerprint density at radius 1 is 1.24 bits per heavy atom. The summed E-state index contributed by atoms with van der Waals surface area (Å²) in [5.41, 5.74) is 0.532. The van der Waals surface area contributed by atoms with Gasteiger partial charge in [-0.25, -0.2) is 4.79 Å². The average molecular weight is 427 g/mol. The Bertz CT molecular complexity index is 650. The number of alkyl halides is 3. The van der Waals surface area contributed by atoms with E-state index in [4.69, 9.17) is 52.1 Å². The van der Waals surface area contributed by atoms with E-state index < -0.39 is 15.9 Å². The van der Waals surface area contributed by atoms with Gasteiger partial charge in [-0.15, -0.1) is 0 Å². The highest BCUT2D eigenvalue weighted by molar-refractivity contribution is 7.80. The molecular formula is C15H18Cl3N3O3S. The zero-order valence-corrected chi connectivity index (χ0v) is 16.6. The van der Waals surface area contributed by atoms with Crippen molar-refractivity contribution >= 4 is 69.7 Å². The van der Waals surface area contributed by atoms with Crippen LogP contribution in [0.4, 0.5) is 5.69 Å². The van der Waals surface area contributed by atoms with E-state index in [1.165, 1.54) is 12.1 Å². The van der Waals surface area contributed by atoms with Crippen LogP contribution in [-0.4, -0.2) is 32.1 Å². The lowest BCUT2D eigenvalue weighted by Gasteiger charge is -2.28. The predicted octanol–water partition coefficient (Wildman–Crippen LogP) is 3.53. The largest absolute Gasteiger partial charge is 0.478 e. The first-order chi connectivity index (χ1) is 11.5. The first-order valence-electron chi connectivity index (χ1n) is 7.26. The zero-order chi connectivity index (χ0) is 19.2. The molecule has 1 aromatic rings. The third-order valence-corrected chi connectivity index (χ3v) is 3.74. The minimum Gasteiger partial charge on any atom is -0.478 e. The Labute approximate surface area is 166 Å². The first-order valence-corrected chi connectivity index (χ1v) is 8.80. The molecule has 0 fully saturated rings. The van der Waals surface area contributed by atoms with Gasteiger partial charge in [-0.2, -0.15) is 0 Å². The van der Waals surface area contributed by atoms with Gasteiger partial charge in [0.05, 0.1) is 5.56 Å². The molecule has 6 nitrogen and oxygen atoms in total. The average Bonchev–Trinajstić information content (AvgIpc) is 2.44. The highest BCUT2D eigenvalue weighted by atomic mass is 35.6. The van der Waals surface area contributed by atoms with E-state index in [0.29, 0.717) is 5.69 Å². The molecule has 0 aliphatic heterocycles. The maximum absolute atomic E-state index is 11.9. The molecule has 25 heavy (non-hydrogen) atoms. The molecule has 0 aliphatic carbocycles. The molecule has 0 aromatic heterocycles. The van der Waals surface area contributed by atoms with Crippen LogP contribution in [0, 0.1) is 5.92 Å². The lowest BCUT2D eigenvalue weighted by Crippen LogP contribution is -2.56. The molecule has 0 unspecified atom stereocenters. The number of thiocarbonyl (C=S) groups is 1. The van der Waals surface area contributed by atoms with E-state index in [2.05, 4.69) is 16.0 Å². The highest BCUT2D eigenvalue weighted by Crippen LogP contribution is 2.29. The van der Waals surface area contributed by atoms with Gasteiger partial charge in [0, 0.05) is 12.1 Å². The lowest BCUT2D eigenvalue weighted by molar-refractivity contribution is -0.122. The third-order valence-electron chi connectivity index (χ3n) is 2.87. The van der Waals surface area contributed by atoms with Crippen LogP contribution in [0.2, 0.25) is 0 Å². The van der Waals surface area contributed by atoms with E-state index in [1.54, 1.807) is 12.1 Å². The number of nitrogens with one attached hydrogen (secondary N) is 3. The van der Waals surface area contributed by atoms with E-state index in [-0.39, 0.29) is 28.9 Å². The second-order valence-corrected chi connectivity index (χ2v) is 8.40. The van der Waals surface area contributed by atoms with Crippen molar-refractivity contribution in [2.24, 2.45) is 5.92 Å². The van der Waals surface area contributed by atoms with Crippen molar-refractivity contribution < 1.29 is 14.7 Å². The Balaban J connectivity index is 2.77. The lowest BCUT2D eigenvalue weighted by atomic mass is 10.1. The summed E-state index contributed by atoms with van der Waals surface area (Å²) in [4.78, 5) is 22.9. The number of hydrogen-bond acceptors (Lipinski definition) is 3. The SMILES string of the molecule is CC(C)CC(=O)N[C@H](NC(=S)Nc1cccc(C(=O)O)c1)C(Cl)(Cl)Cl. The molecule has 1 atom stereocenters. The smallest absolute Gasteiger partial charge is 0.335 e. The number of amides is 1. The second kappa shape index (κ2) is 9.43. The van der Waals surface area contributed by atoms with Crippen molar-refractivity contribution in [2.75, 3.05) is 5.32 Å². The van der Waals surface area contributed by atoms with E-state index >= 15 is 0 Å². The maximum Gasteiger partial charge on any atom is 0.335 e. The number of carbonyl (C=O) groups excluding carboxylic acids is 1. The van der Waals surface area contributed by atoms with Crippen LogP contribution in [-0.2, 0) is 4.79 Å². The standard InChI is InChI=1S/C15H18Cl3N3O3S/c1-8(2)6-11(22)20-13(15(16,17)18)21-14(25)19-10-5-3-4-9(7-10)12(23)24/h3-5,7-8,13H,6H2,1-2H3,(H,20,22)(H,23,24)(H2,19,21,25)/t13-/m1/s1. The maximum atomic E-state index is 11.9. The van der Waals surface area contributed by atoms with E-state index in [0.717, 1.165) is 0 Å². The molecule has 1 amide bonds. The molecule has 4 N–H and O–H groups in total. The van der Waals surface area contributed by atoms with Gasteiger partial charge < -0.3 is 21.1 Å². The summed E-state index contributed by atoms with van der Waals surface area (Å²) in [6, 6.07) is 6.03. The van der Waals surface area contributed by atoms with E-state index in [9.17, 15) is 9.59 Å². The van der Waals surface area contributed by atoms with Crippen LogP contribution >= 0.6 is 47.0 Å². The topological polar surface area (TPSA) is 90.5 Å². The van der Waals surface area contributed by atoms with Gasteiger partial charge in [0.15, 0.2) is 5.11 Å². The molecule has 1 aromatic carbocycles. The number of halogens is 3. The molecular weight excluding hydrogens is 409 g/mol. The Morgan fingerprint density at radius 3 is 2.40 bits per heavy atom. The van der Waals surface area contributed by atoms with Crippen molar-refractivity contribution in [2.45, 2.75) is 30.2 Å². The van der Waals surface area contributed by atoms with Crippen LogP contribution in [0.1, 0.15) is 30.6 Å². The van der Waals surface area contributed by atoms with Gasteiger partial charge in [0.1, 0.15) is 6.17 Å². The molecule has 0 heterocycles. The van der Waals surface area contributed by atoms with Gasteiger partial charge in [0.2, 0.25) is 9.70 Å². The molecule has 0 spiro atoms. The number of anilines is 1. The third kappa shape index (κ3) is 8.09. The second-order valence-electron chi connectivity index (χ2n) is 5.62. The number of carbonyl (C=O) groups is 2. The summed E-state index contributed by atoms with van der Waals surface area (Å²) in [5, 5.41) is 17.1. The fourth-order valence-corrected chi connectivity index (χ4v) is 2.38. The van der Waals surface area contributed by atoms with Crippen molar-refractivity contribution in [3.63, 3.8) is 0 Å². The Kier molecular flexibility index (Phi) is 8.21. The van der Waals surface area contributed by atoms with Crippen LogP contribution in [0.3, 0.4) is 0 Å². The number of rotatable bonds is 6. The van der Waals surface area contributed by atoms with Crippen LogP contribution < -0.4 is 16.0 Å². The summed E-state index contributed by atoms with van der Waals surface area (Å²) >= 11 is 22.8. The summed E-state index contributed by atoms with van der Waals surface area (Å²) < 4.78 is -1.85. The Hall–Kier alpha value is -1.28. The van der Waals surface area contributed by atoms with Gasteiger partial charge in [0.25, 0.3) is 0 Å². The van der Waals surface area contributed by atoms with Crippen molar-refractivity contribution in [1.29, 1.82) is 0 Å². The van der Waals surface area contributed by atoms with E-state index in [1.807, 2.05) is 13.8 Å². The molecule has 0 saturated carbocycles. The fraction of sp³-hybridized carbons (Fsp3) is 0.400. The number of benzene rings is 1. The van der Waals surface area contributed by atoms with Crippen molar-refractivity contribution in [3.05, 3.63) is 29.8 Å². The fourth-order valence-electron chi connectivity index (χ4n) is 1.82. The van der Waals surface area contributed by atoms with Gasteiger partial charge in [-0.05, 0) is 36.3 Å². The van der Waals surface area contributed by atoms with Crippen LogP contribution in [0.5, 0.6) is 0 Å². The minimum absolute atomic E-state index is 0.0590. The summed E-state index contributed by atoms with van der Waals surface area (Å²) in [6.45, 7) is 3.78. The van der Waals surface area contributed by atoms with Gasteiger partial charge in [-0.3, -0.25) is 4.79 Å². The summed E-state index contributed by atoms with van der Waals surface area (Å²) in [6.07, 6.45) is -0.800. The van der Waals surface area contributed by atoms with Crippen molar-refractivity contribution in [3.8, 4) is 0 Å². The normalized spacial score (nSPS) is 12.4. The van der Waals surface area contributed by atoms with Crippen LogP contribution in [0.15, 0.2) is 24.3 Å². The summed E-state index contributed by atoms with van der Waals surface area (Å²) in [7, 11) is 0. The molecule has 0 radical (unpaired) electrons. The zero-order valence-electron chi connectivity index (χ0n) is 13.5. The number of aromatic carboxylic acids is 1. The van der Waals surface area contributed by atoms with Gasteiger partial charge in [-0.1, -0.05) is 54.7 Å². The predicted molar refractivity (Wildman–Crippen MR) is 104 cm³/mol. The molecule has 0 bridgehead atoms. The molecule has 10 heteroatoms. The molecule has 138 valence electrons.